The van der Waals surface area contributed by atoms with Gasteiger partial charge in [0.2, 0.25) is 15.9 Å². The van der Waals surface area contributed by atoms with Crippen molar-refractivity contribution in [3.63, 3.8) is 0 Å². The first-order valence-corrected chi connectivity index (χ1v) is 9.87. The largest absolute Gasteiger partial charge is 0.495 e. The van der Waals surface area contributed by atoms with Gasteiger partial charge in [-0.15, -0.1) is 0 Å². The summed E-state index contributed by atoms with van der Waals surface area (Å²) in [5.74, 6) is 0.0147. The number of nitrogens with one attached hydrogen (secondary N) is 2. The molecular weight excluding hydrogens is 366 g/mol. The second-order valence-corrected chi connectivity index (χ2v) is 8.19. The molecule has 27 heavy (non-hydrogen) atoms. The van der Waals surface area contributed by atoms with Crippen LogP contribution in [0.15, 0.2) is 47.4 Å². The van der Waals surface area contributed by atoms with Crippen molar-refractivity contribution in [1.29, 1.82) is 0 Å². The third kappa shape index (κ3) is 6.06. The van der Waals surface area contributed by atoms with Crippen molar-refractivity contribution in [2.24, 2.45) is 0 Å². The highest BCUT2D eigenvalue weighted by atomic mass is 32.2. The standard InChI is InChI=1S/C19H25N3O4S/c1-14(23)21-18-10-9-17(11-19(18)26-4)27(24,25)20-12-15-5-7-16(8-6-15)13-22(2)3/h5-11,20H,12-13H2,1-4H3,(H,21,23). The number of anilines is 1. The number of methoxy groups -OCH3 is 1. The van der Waals surface area contributed by atoms with Crippen LogP contribution in [0.5, 0.6) is 5.75 Å². The summed E-state index contributed by atoms with van der Waals surface area (Å²) < 4.78 is 32.9. The Kier molecular flexibility index (Phi) is 6.95. The topological polar surface area (TPSA) is 87.7 Å². The maximum atomic E-state index is 12.6. The number of nitrogens with zero attached hydrogens (tertiary/aromatic N) is 1. The number of rotatable bonds is 8. The molecule has 0 heterocycles. The summed E-state index contributed by atoms with van der Waals surface area (Å²) in [5, 5.41) is 2.60. The molecule has 0 unspecified atom stereocenters. The Morgan fingerprint density at radius 3 is 2.26 bits per heavy atom. The molecule has 2 aromatic carbocycles. The van der Waals surface area contributed by atoms with E-state index in [-0.39, 0.29) is 23.1 Å². The summed E-state index contributed by atoms with van der Waals surface area (Å²) in [4.78, 5) is 13.3. The van der Waals surface area contributed by atoms with E-state index < -0.39 is 10.0 Å². The number of amides is 1. The maximum Gasteiger partial charge on any atom is 0.241 e. The van der Waals surface area contributed by atoms with Crippen molar-refractivity contribution < 1.29 is 17.9 Å². The van der Waals surface area contributed by atoms with Crippen molar-refractivity contribution in [3.05, 3.63) is 53.6 Å². The van der Waals surface area contributed by atoms with Crippen LogP contribution in [0.3, 0.4) is 0 Å². The summed E-state index contributed by atoms with van der Waals surface area (Å²) >= 11 is 0. The van der Waals surface area contributed by atoms with Gasteiger partial charge >= 0.3 is 0 Å². The van der Waals surface area contributed by atoms with Gasteiger partial charge in [0.1, 0.15) is 5.75 Å². The van der Waals surface area contributed by atoms with Gasteiger partial charge < -0.3 is 15.0 Å². The summed E-state index contributed by atoms with van der Waals surface area (Å²) in [6, 6.07) is 12.1. The Hall–Kier alpha value is -2.42. The first-order valence-electron chi connectivity index (χ1n) is 8.39. The average molecular weight is 391 g/mol. The van der Waals surface area contributed by atoms with Gasteiger partial charge in [-0.2, -0.15) is 0 Å². The zero-order valence-electron chi connectivity index (χ0n) is 15.9. The molecule has 0 fully saturated rings. The number of carbonyl (C=O) groups excluding carboxylic acids is 1. The van der Waals surface area contributed by atoms with Gasteiger partial charge in [-0.05, 0) is 37.4 Å². The molecule has 8 heteroatoms. The predicted molar refractivity (Wildman–Crippen MR) is 105 cm³/mol. The smallest absolute Gasteiger partial charge is 0.241 e. The molecule has 0 spiro atoms. The summed E-state index contributed by atoms with van der Waals surface area (Å²) in [5.41, 5.74) is 2.44. The lowest BCUT2D eigenvalue weighted by molar-refractivity contribution is -0.114. The highest BCUT2D eigenvalue weighted by molar-refractivity contribution is 7.89. The lowest BCUT2D eigenvalue weighted by Gasteiger charge is -2.13. The zero-order valence-corrected chi connectivity index (χ0v) is 16.8. The minimum absolute atomic E-state index is 0.0673. The minimum atomic E-state index is -3.72. The Balaban J connectivity index is 2.10. The molecule has 0 aliphatic rings. The first-order chi connectivity index (χ1) is 12.7. The molecular formula is C19H25N3O4S. The molecule has 0 saturated heterocycles. The van der Waals surface area contributed by atoms with Crippen LogP contribution in [0.4, 0.5) is 5.69 Å². The average Bonchev–Trinajstić information content (AvgIpc) is 2.60. The van der Waals surface area contributed by atoms with Gasteiger partial charge in [-0.25, -0.2) is 13.1 Å². The molecule has 146 valence electrons. The molecule has 0 saturated carbocycles. The molecule has 2 rings (SSSR count). The molecule has 0 aromatic heterocycles. The summed E-state index contributed by atoms with van der Waals surface area (Å²) in [6.45, 7) is 2.38. The van der Waals surface area contributed by atoms with E-state index >= 15 is 0 Å². The Morgan fingerprint density at radius 2 is 1.70 bits per heavy atom. The Labute approximate surface area is 160 Å². The highest BCUT2D eigenvalue weighted by Gasteiger charge is 2.17. The number of carbonyl (C=O) groups is 1. The number of hydrogen-bond donors (Lipinski definition) is 2. The Bertz CT molecular complexity index is 894. The fourth-order valence-electron chi connectivity index (χ4n) is 2.52. The monoisotopic (exact) mass is 391 g/mol. The van der Waals surface area contributed by atoms with Crippen LogP contribution in [0.2, 0.25) is 0 Å². The molecule has 0 atom stereocenters. The van der Waals surface area contributed by atoms with Crippen LogP contribution in [0.25, 0.3) is 0 Å². The van der Waals surface area contributed by atoms with E-state index in [0.717, 1.165) is 17.7 Å². The van der Waals surface area contributed by atoms with Gasteiger partial charge in [-0.1, -0.05) is 24.3 Å². The van der Waals surface area contributed by atoms with Gasteiger partial charge in [0.25, 0.3) is 0 Å². The molecule has 0 bridgehead atoms. The van der Waals surface area contributed by atoms with Crippen molar-refractivity contribution >= 4 is 21.6 Å². The summed E-state index contributed by atoms with van der Waals surface area (Å²) in [6.07, 6.45) is 0. The van der Waals surface area contributed by atoms with E-state index in [1.165, 1.54) is 32.2 Å². The normalized spacial score (nSPS) is 11.4. The van der Waals surface area contributed by atoms with Crippen LogP contribution in [-0.2, 0) is 27.9 Å². The van der Waals surface area contributed by atoms with Gasteiger partial charge in [0.05, 0.1) is 17.7 Å². The third-order valence-corrected chi connectivity index (χ3v) is 5.18. The Morgan fingerprint density at radius 1 is 1.07 bits per heavy atom. The second kappa shape index (κ2) is 8.98. The third-order valence-electron chi connectivity index (χ3n) is 3.78. The number of ether oxygens (including phenoxy) is 1. The van der Waals surface area contributed by atoms with E-state index in [1.54, 1.807) is 0 Å². The first kappa shape index (κ1) is 20.9. The van der Waals surface area contributed by atoms with E-state index in [1.807, 2.05) is 38.4 Å². The van der Waals surface area contributed by atoms with Crippen molar-refractivity contribution in [3.8, 4) is 5.75 Å². The SMILES string of the molecule is COc1cc(S(=O)(=O)NCc2ccc(CN(C)C)cc2)ccc1NC(C)=O. The number of sulfonamides is 1. The van der Waals surface area contributed by atoms with Crippen molar-refractivity contribution in [2.45, 2.75) is 24.9 Å². The highest BCUT2D eigenvalue weighted by Crippen LogP contribution is 2.27. The van der Waals surface area contributed by atoms with Crippen LogP contribution in [0.1, 0.15) is 18.1 Å². The van der Waals surface area contributed by atoms with Crippen LogP contribution in [0, 0.1) is 0 Å². The number of benzene rings is 2. The number of hydrogen-bond acceptors (Lipinski definition) is 5. The molecule has 2 aromatic rings. The van der Waals surface area contributed by atoms with Crippen molar-refractivity contribution in [1.82, 2.24) is 9.62 Å². The van der Waals surface area contributed by atoms with Crippen LogP contribution < -0.4 is 14.8 Å². The molecule has 0 aliphatic heterocycles. The molecule has 7 nitrogen and oxygen atoms in total. The van der Waals surface area contributed by atoms with E-state index in [9.17, 15) is 13.2 Å². The minimum Gasteiger partial charge on any atom is -0.495 e. The second-order valence-electron chi connectivity index (χ2n) is 6.42. The molecule has 0 radical (unpaired) electrons. The predicted octanol–water partition coefficient (Wildman–Crippen LogP) is 2.19. The molecule has 0 aliphatic carbocycles. The van der Waals surface area contributed by atoms with E-state index in [4.69, 9.17) is 4.74 Å². The van der Waals surface area contributed by atoms with E-state index in [0.29, 0.717) is 5.69 Å². The fraction of sp³-hybridized carbons (Fsp3) is 0.316. The van der Waals surface area contributed by atoms with Gasteiger partial charge in [0.15, 0.2) is 0 Å². The lowest BCUT2D eigenvalue weighted by atomic mass is 10.1. The fourth-order valence-corrected chi connectivity index (χ4v) is 3.55. The quantitative estimate of drug-likeness (QED) is 0.720. The van der Waals surface area contributed by atoms with Crippen LogP contribution >= 0.6 is 0 Å². The molecule has 2 N–H and O–H groups in total. The zero-order chi connectivity index (χ0) is 20.0. The lowest BCUT2D eigenvalue weighted by Crippen LogP contribution is -2.23. The maximum absolute atomic E-state index is 12.6. The molecule has 1 amide bonds. The van der Waals surface area contributed by atoms with Crippen molar-refractivity contribution in [2.75, 3.05) is 26.5 Å². The summed E-state index contributed by atoms with van der Waals surface area (Å²) in [7, 11) is 1.69. The van der Waals surface area contributed by atoms with E-state index in [2.05, 4.69) is 14.9 Å². The van der Waals surface area contributed by atoms with Gasteiger partial charge in [0, 0.05) is 26.1 Å². The van der Waals surface area contributed by atoms with Crippen LogP contribution in [-0.4, -0.2) is 40.4 Å². The van der Waals surface area contributed by atoms with Gasteiger partial charge in [-0.3, -0.25) is 4.79 Å².